The van der Waals surface area contributed by atoms with Crippen molar-refractivity contribution in [2.24, 2.45) is 5.10 Å². The molecule has 0 heterocycles. The summed E-state index contributed by atoms with van der Waals surface area (Å²) < 4.78 is 31.3. The van der Waals surface area contributed by atoms with Crippen molar-refractivity contribution in [3.63, 3.8) is 0 Å². The molecule has 0 aliphatic carbocycles. The minimum absolute atomic E-state index is 0.0508. The standard InChI is InChI=1S/C19H19ClN2O4S/c1-3-26-19(23)12-13-22(21-14-16-6-8-17(20)9-7-16)27(24,25)18-10-4-15(2)5-11-18/h4-14H,3H2,1-2H3/b13-12+,21-14+. The summed E-state index contributed by atoms with van der Waals surface area (Å²) in [6, 6.07) is 13.0. The van der Waals surface area contributed by atoms with E-state index in [9.17, 15) is 13.2 Å². The van der Waals surface area contributed by atoms with E-state index >= 15 is 0 Å². The van der Waals surface area contributed by atoms with Gasteiger partial charge in [0.2, 0.25) is 0 Å². The van der Waals surface area contributed by atoms with Crippen LogP contribution in [0.3, 0.4) is 0 Å². The van der Waals surface area contributed by atoms with Crippen LogP contribution in [0.25, 0.3) is 0 Å². The molecule has 0 saturated heterocycles. The molecule has 0 radical (unpaired) electrons. The highest BCUT2D eigenvalue weighted by Gasteiger charge is 2.21. The number of aryl methyl sites for hydroxylation is 1. The minimum atomic E-state index is -3.99. The molecule has 0 N–H and O–H groups in total. The van der Waals surface area contributed by atoms with Crippen LogP contribution < -0.4 is 0 Å². The van der Waals surface area contributed by atoms with Crippen LogP contribution in [0.5, 0.6) is 0 Å². The van der Waals surface area contributed by atoms with Gasteiger partial charge < -0.3 is 4.74 Å². The fourth-order valence-corrected chi connectivity index (χ4v) is 3.20. The largest absolute Gasteiger partial charge is 0.463 e. The van der Waals surface area contributed by atoms with Gasteiger partial charge in [-0.15, -0.1) is 0 Å². The second kappa shape index (κ2) is 9.34. The Balaban J connectivity index is 2.37. The van der Waals surface area contributed by atoms with Gasteiger partial charge in [-0.3, -0.25) is 0 Å². The highest BCUT2D eigenvalue weighted by atomic mass is 35.5. The first-order valence-electron chi connectivity index (χ1n) is 8.08. The molecule has 6 nitrogen and oxygen atoms in total. The number of benzene rings is 2. The van der Waals surface area contributed by atoms with E-state index in [1.807, 2.05) is 6.92 Å². The summed E-state index contributed by atoms with van der Waals surface area (Å²) in [5.74, 6) is -0.664. The van der Waals surface area contributed by atoms with E-state index < -0.39 is 16.0 Å². The van der Waals surface area contributed by atoms with E-state index in [0.29, 0.717) is 10.6 Å². The average molecular weight is 407 g/mol. The van der Waals surface area contributed by atoms with Crippen molar-refractivity contribution < 1.29 is 17.9 Å². The Bertz CT molecular complexity index is 937. The first-order valence-corrected chi connectivity index (χ1v) is 9.90. The molecule has 0 aromatic heterocycles. The number of sulfonamides is 1. The number of ether oxygens (including phenoxy) is 1. The maximum absolute atomic E-state index is 12.9. The molecule has 0 atom stereocenters. The van der Waals surface area contributed by atoms with Crippen molar-refractivity contribution in [2.45, 2.75) is 18.7 Å². The molecule has 2 aromatic carbocycles. The summed E-state index contributed by atoms with van der Waals surface area (Å²) in [4.78, 5) is 11.6. The molecule has 142 valence electrons. The maximum atomic E-state index is 12.9. The van der Waals surface area contributed by atoms with Crippen LogP contribution in [-0.4, -0.2) is 31.6 Å². The summed E-state index contributed by atoms with van der Waals surface area (Å²) in [5, 5.41) is 4.56. The summed E-state index contributed by atoms with van der Waals surface area (Å²) in [5.41, 5.74) is 1.57. The van der Waals surface area contributed by atoms with E-state index in [1.54, 1.807) is 43.3 Å². The normalized spacial score (nSPS) is 11.8. The van der Waals surface area contributed by atoms with Gasteiger partial charge in [0.05, 0.1) is 17.7 Å². The zero-order valence-corrected chi connectivity index (χ0v) is 16.4. The van der Waals surface area contributed by atoms with E-state index in [0.717, 1.165) is 22.3 Å². The number of carbonyl (C=O) groups is 1. The lowest BCUT2D eigenvalue weighted by Gasteiger charge is -2.15. The second-order valence-corrected chi connectivity index (χ2v) is 7.69. The third-order valence-electron chi connectivity index (χ3n) is 3.38. The van der Waals surface area contributed by atoms with Crippen molar-refractivity contribution in [3.05, 3.63) is 77.0 Å². The zero-order chi connectivity index (χ0) is 19.9. The zero-order valence-electron chi connectivity index (χ0n) is 14.9. The highest BCUT2D eigenvalue weighted by Crippen LogP contribution is 2.18. The van der Waals surface area contributed by atoms with Crippen LogP contribution in [-0.2, 0) is 19.6 Å². The van der Waals surface area contributed by atoms with E-state index in [4.69, 9.17) is 16.3 Å². The van der Waals surface area contributed by atoms with Crippen molar-refractivity contribution in [3.8, 4) is 0 Å². The lowest BCUT2D eigenvalue weighted by atomic mass is 10.2. The van der Waals surface area contributed by atoms with Crippen LogP contribution in [0.1, 0.15) is 18.1 Å². The van der Waals surface area contributed by atoms with Crippen LogP contribution >= 0.6 is 11.6 Å². The molecule has 2 aromatic rings. The molecule has 0 amide bonds. The van der Waals surface area contributed by atoms with Crippen molar-refractivity contribution >= 4 is 33.8 Å². The Labute approximate surface area is 163 Å². The fourth-order valence-electron chi connectivity index (χ4n) is 1.99. The Hall–Kier alpha value is -2.64. The minimum Gasteiger partial charge on any atom is -0.463 e. The SMILES string of the molecule is CCOC(=O)/C=C/N(/N=C/c1ccc(Cl)cc1)S(=O)(=O)c1ccc(C)cc1. The number of halogens is 1. The highest BCUT2D eigenvalue weighted by molar-refractivity contribution is 7.89. The number of hydrogen-bond acceptors (Lipinski definition) is 5. The molecule has 0 aliphatic heterocycles. The number of hydrogen-bond donors (Lipinski definition) is 0. The average Bonchev–Trinajstić information content (AvgIpc) is 2.63. The summed E-state index contributed by atoms with van der Waals surface area (Å²) in [6.45, 7) is 3.70. The summed E-state index contributed by atoms with van der Waals surface area (Å²) in [6.07, 6.45) is 3.42. The molecule has 2 rings (SSSR count). The second-order valence-electron chi connectivity index (χ2n) is 5.45. The molecule has 0 bridgehead atoms. The maximum Gasteiger partial charge on any atom is 0.332 e. The lowest BCUT2D eigenvalue weighted by Crippen LogP contribution is -2.21. The Morgan fingerprint density at radius 1 is 1.15 bits per heavy atom. The Morgan fingerprint density at radius 2 is 1.78 bits per heavy atom. The Morgan fingerprint density at radius 3 is 2.37 bits per heavy atom. The topological polar surface area (TPSA) is 76.0 Å². The fraction of sp³-hybridized carbons (Fsp3) is 0.158. The molecule has 27 heavy (non-hydrogen) atoms. The summed E-state index contributed by atoms with van der Waals surface area (Å²) in [7, 11) is -3.99. The van der Waals surface area contributed by atoms with Crippen LogP contribution in [0.15, 0.2) is 70.8 Å². The van der Waals surface area contributed by atoms with Gasteiger partial charge in [0.25, 0.3) is 10.0 Å². The van der Waals surface area contributed by atoms with Gasteiger partial charge in [-0.25, -0.2) is 4.79 Å². The van der Waals surface area contributed by atoms with E-state index in [-0.39, 0.29) is 11.5 Å². The molecule has 0 saturated carbocycles. The van der Waals surface area contributed by atoms with E-state index in [1.165, 1.54) is 18.3 Å². The van der Waals surface area contributed by atoms with Crippen molar-refractivity contribution in [1.82, 2.24) is 4.41 Å². The van der Waals surface area contributed by atoms with Gasteiger partial charge >= 0.3 is 5.97 Å². The quantitative estimate of drug-likeness (QED) is 0.303. The molecular formula is C19H19ClN2O4S. The number of carbonyl (C=O) groups excluding carboxylic acids is 1. The number of rotatable bonds is 7. The van der Waals surface area contributed by atoms with Gasteiger partial charge in [0.1, 0.15) is 0 Å². The van der Waals surface area contributed by atoms with Crippen molar-refractivity contribution in [1.29, 1.82) is 0 Å². The van der Waals surface area contributed by atoms with Gasteiger partial charge in [-0.1, -0.05) is 41.4 Å². The molecule has 0 spiro atoms. The first kappa shape index (κ1) is 20.7. The lowest BCUT2D eigenvalue weighted by molar-refractivity contribution is -0.137. The monoisotopic (exact) mass is 406 g/mol. The summed E-state index contributed by atoms with van der Waals surface area (Å²) >= 11 is 5.84. The van der Waals surface area contributed by atoms with Crippen LogP contribution in [0.2, 0.25) is 5.02 Å². The van der Waals surface area contributed by atoms with Crippen LogP contribution in [0, 0.1) is 6.92 Å². The van der Waals surface area contributed by atoms with Crippen molar-refractivity contribution in [2.75, 3.05) is 6.61 Å². The van der Waals surface area contributed by atoms with E-state index in [2.05, 4.69) is 5.10 Å². The number of nitrogens with zero attached hydrogens (tertiary/aromatic N) is 2. The van der Waals surface area contributed by atoms with Crippen LogP contribution in [0.4, 0.5) is 0 Å². The van der Waals surface area contributed by atoms with Gasteiger partial charge in [-0.05, 0) is 43.7 Å². The molecule has 0 aliphatic rings. The van der Waals surface area contributed by atoms with Gasteiger partial charge in [0.15, 0.2) is 0 Å². The van der Waals surface area contributed by atoms with Gasteiger partial charge in [-0.2, -0.15) is 17.9 Å². The van der Waals surface area contributed by atoms with Gasteiger partial charge in [0, 0.05) is 17.3 Å². The third-order valence-corrected chi connectivity index (χ3v) is 5.21. The Kier molecular flexibility index (Phi) is 7.15. The number of esters is 1. The predicted molar refractivity (Wildman–Crippen MR) is 105 cm³/mol. The molecular weight excluding hydrogens is 388 g/mol. The molecule has 0 unspecified atom stereocenters. The third kappa shape index (κ3) is 5.94. The molecule has 8 heteroatoms. The molecule has 0 fully saturated rings. The first-order chi connectivity index (χ1) is 12.8. The number of hydrazone groups is 1. The smallest absolute Gasteiger partial charge is 0.332 e. The predicted octanol–water partition coefficient (Wildman–Crippen LogP) is 3.75.